The van der Waals surface area contributed by atoms with Crippen molar-refractivity contribution in [2.45, 2.75) is 6.42 Å². The van der Waals surface area contributed by atoms with Crippen molar-refractivity contribution in [3.05, 3.63) is 54.1 Å². The van der Waals surface area contributed by atoms with Gasteiger partial charge >= 0.3 is 5.97 Å². The van der Waals surface area contributed by atoms with Crippen molar-refractivity contribution in [3.63, 3.8) is 0 Å². The van der Waals surface area contributed by atoms with Crippen molar-refractivity contribution in [2.24, 2.45) is 10.2 Å². The van der Waals surface area contributed by atoms with Crippen LogP contribution in [0.3, 0.4) is 0 Å². The van der Waals surface area contributed by atoms with Crippen molar-refractivity contribution in [1.82, 2.24) is 9.38 Å². The second-order valence-corrected chi connectivity index (χ2v) is 4.74. The number of aromatic hydroxyl groups is 1. The van der Waals surface area contributed by atoms with Crippen molar-refractivity contribution in [3.8, 4) is 5.75 Å². The average Bonchev–Trinajstić information content (AvgIpc) is 2.82. The highest BCUT2D eigenvalue weighted by atomic mass is 19.1. The van der Waals surface area contributed by atoms with Gasteiger partial charge in [0.25, 0.3) is 0 Å². The van der Waals surface area contributed by atoms with E-state index in [1.807, 2.05) is 0 Å². The number of nitrogens with zero attached hydrogens (tertiary/aromatic N) is 4. The third-order valence-electron chi connectivity index (χ3n) is 3.06. The van der Waals surface area contributed by atoms with E-state index in [0.717, 1.165) is 0 Å². The van der Waals surface area contributed by atoms with Gasteiger partial charge in [-0.25, -0.2) is 9.37 Å². The molecule has 0 bridgehead atoms. The lowest BCUT2D eigenvalue weighted by atomic mass is 10.3. The molecule has 2 N–H and O–H groups in total. The number of halogens is 1. The Balaban J connectivity index is 2.07. The molecule has 7 nitrogen and oxygen atoms in total. The predicted octanol–water partition coefficient (Wildman–Crippen LogP) is 3.22. The van der Waals surface area contributed by atoms with Crippen LogP contribution in [0.25, 0.3) is 5.65 Å². The molecular formula is C15H11FN4O3. The summed E-state index contributed by atoms with van der Waals surface area (Å²) in [5.74, 6) is -1.34. The Kier molecular flexibility index (Phi) is 3.71. The molecule has 0 fully saturated rings. The highest BCUT2D eigenvalue weighted by Crippen LogP contribution is 2.25. The maximum atomic E-state index is 13.4. The van der Waals surface area contributed by atoms with E-state index in [0.29, 0.717) is 11.3 Å². The number of aliphatic carboxylic acids is 1. The number of aromatic nitrogens is 2. The Bertz CT molecular complexity index is 903. The molecule has 2 heterocycles. The van der Waals surface area contributed by atoms with Gasteiger partial charge in [-0.1, -0.05) is 0 Å². The van der Waals surface area contributed by atoms with Crippen LogP contribution in [0.4, 0.5) is 15.9 Å². The molecule has 8 heteroatoms. The first-order valence-electron chi connectivity index (χ1n) is 6.62. The average molecular weight is 314 g/mol. The van der Waals surface area contributed by atoms with E-state index in [4.69, 9.17) is 5.11 Å². The summed E-state index contributed by atoms with van der Waals surface area (Å²) in [6.45, 7) is 0. The first kappa shape index (κ1) is 14.6. The molecular weight excluding hydrogens is 303 g/mol. The third kappa shape index (κ3) is 3.15. The molecule has 0 spiro atoms. The molecule has 0 aliphatic rings. The number of carboxylic acid groups (broad SMARTS) is 1. The van der Waals surface area contributed by atoms with Crippen LogP contribution in [-0.4, -0.2) is 25.6 Å². The molecule has 116 valence electrons. The summed E-state index contributed by atoms with van der Waals surface area (Å²) >= 11 is 0. The largest absolute Gasteiger partial charge is 0.508 e. The Hall–Kier alpha value is -3.29. The molecule has 0 amide bonds. The fourth-order valence-corrected chi connectivity index (χ4v) is 2.05. The summed E-state index contributed by atoms with van der Waals surface area (Å²) in [6, 6.07) is 8.63. The van der Waals surface area contributed by atoms with Crippen LogP contribution in [0.5, 0.6) is 5.75 Å². The zero-order chi connectivity index (χ0) is 16.4. The lowest BCUT2D eigenvalue weighted by Gasteiger charge is -1.98. The number of phenolic OH excluding ortho intramolecular Hbond substituents is 1. The third-order valence-corrected chi connectivity index (χ3v) is 3.06. The molecule has 3 aromatic rings. The normalized spacial score (nSPS) is 11.3. The van der Waals surface area contributed by atoms with Gasteiger partial charge in [-0.15, -0.1) is 10.2 Å². The molecule has 1 aromatic carbocycles. The Morgan fingerprint density at radius 2 is 1.91 bits per heavy atom. The summed E-state index contributed by atoms with van der Waals surface area (Å²) in [7, 11) is 0. The Labute approximate surface area is 129 Å². The lowest BCUT2D eigenvalue weighted by Crippen LogP contribution is -2.00. The molecule has 0 aliphatic heterocycles. The van der Waals surface area contributed by atoms with Crippen LogP contribution < -0.4 is 0 Å². The highest BCUT2D eigenvalue weighted by Gasteiger charge is 2.15. The zero-order valence-corrected chi connectivity index (χ0v) is 11.7. The number of carbonyl (C=O) groups is 1. The number of hydrogen-bond acceptors (Lipinski definition) is 5. The topological polar surface area (TPSA) is 99.5 Å². The van der Waals surface area contributed by atoms with Crippen molar-refractivity contribution >= 4 is 23.1 Å². The quantitative estimate of drug-likeness (QED) is 0.722. The van der Waals surface area contributed by atoms with Gasteiger partial charge in [0.1, 0.15) is 17.2 Å². The standard InChI is InChI=1S/C15H11FN4O3/c16-9-1-6-13-17-12(7-14(22)23)15(20(13)8-9)19-18-10-2-4-11(21)5-3-10/h1-6,8,21H,7H2,(H,22,23). The van der Waals surface area contributed by atoms with Gasteiger partial charge in [0.2, 0.25) is 0 Å². The van der Waals surface area contributed by atoms with Gasteiger partial charge in [0.05, 0.1) is 17.8 Å². The molecule has 0 aliphatic carbocycles. The van der Waals surface area contributed by atoms with Crippen molar-refractivity contribution in [2.75, 3.05) is 0 Å². The summed E-state index contributed by atoms with van der Waals surface area (Å²) in [5, 5.41) is 26.2. The molecule has 2 aromatic heterocycles. The van der Waals surface area contributed by atoms with E-state index in [-0.39, 0.29) is 23.7 Å². The van der Waals surface area contributed by atoms with E-state index >= 15 is 0 Å². The lowest BCUT2D eigenvalue weighted by molar-refractivity contribution is -0.136. The Morgan fingerprint density at radius 1 is 1.17 bits per heavy atom. The van der Waals surface area contributed by atoms with Crippen LogP contribution in [0.1, 0.15) is 5.69 Å². The van der Waals surface area contributed by atoms with E-state index < -0.39 is 11.8 Å². The second-order valence-electron chi connectivity index (χ2n) is 4.74. The Morgan fingerprint density at radius 3 is 2.61 bits per heavy atom. The van der Waals surface area contributed by atoms with E-state index in [9.17, 15) is 14.3 Å². The van der Waals surface area contributed by atoms with E-state index in [1.54, 1.807) is 12.1 Å². The van der Waals surface area contributed by atoms with Crippen molar-refractivity contribution in [1.29, 1.82) is 0 Å². The van der Waals surface area contributed by atoms with E-state index in [1.165, 1.54) is 34.9 Å². The monoisotopic (exact) mass is 314 g/mol. The number of fused-ring (bicyclic) bond motifs is 1. The predicted molar refractivity (Wildman–Crippen MR) is 78.8 cm³/mol. The first-order valence-corrected chi connectivity index (χ1v) is 6.62. The molecule has 23 heavy (non-hydrogen) atoms. The number of rotatable bonds is 4. The molecule has 0 saturated carbocycles. The number of pyridine rings is 1. The zero-order valence-electron chi connectivity index (χ0n) is 11.7. The van der Waals surface area contributed by atoms with Gasteiger partial charge in [-0.3, -0.25) is 9.20 Å². The van der Waals surface area contributed by atoms with E-state index in [2.05, 4.69) is 15.2 Å². The van der Waals surface area contributed by atoms with Crippen LogP contribution in [0.15, 0.2) is 52.8 Å². The van der Waals surface area contributed by atoms with Crippen LogP contribution in [0, 0.1) is 5.82 Å². The van der Waals surface area contributed by atoms with Crippen LogP contribution >= 0.6 is 0 Å². The minimum absolute atomic E-state index is 0.0902. The number of phenols is 1. The van der Waals surface area contributed by atoms with Gasteiger partial charge in [-0.2, -0.15) is 0 Å². The number of azo groups is 1. The maximum absolute atomic E-state index is 13.4. The second kappa shape index (κ2) is 5.84. The first-order chi connectivity index (χ1) is 11.0. The minimum Gasteiger partial charge on any atom is -0.508 e. The van der Waals surface area contributed by atoms with Crippen LogP contribution in [0.2, 0.25) is 0 Å². The molecule has 0 radical (unpaired) electrons. The highest BCUT2D eigenvalue weighted by molar-refractivity contribution is 5.72. The van der Waals surface area contributed by atoms with Gasteiger partial charge in [0.15, 0.2) is 5.82 Å². The van der Waals surface area contributed by atoms with Gasteiger partial charge in [-0.05, 0) is 36.4 Å². The molecule has 0 saturated heterocycles. The summed E-state index contributed by atoms with van der Waals surface area (Å²) in [5.41, 5.74) is 1.02. The number of hydrogen-bond donors (Lipinski definition) is 2. The smallest absolute Gasteiger partial charge is 0.309 e. The van der Waals surface area contributed by atoms with Gasteiger partial charge in [0, 0.05) is 6.20 Å². The number of imidazole rings is 1. The van der Waals surface area contributed by atoms with Gasteiger partial charge < -0.3 is 10.2 Å². The fraction of sp³-hybridized carbons (Fsp3) is 0.0667. The fourth-order valence-electron chi connectivity index (χ4n) is 2.05. The molecule has 3 rings (SSSR count). The summed E-state index contributed by atoms with van der Waals surface area (Å²) < 4.78 is 14.8. The molecule has 0 unspecified atom stereocenters. The summed E-state index contributed by atoms with van der Waals surface area (Å²) in [4.78, 5) is 15.1. The summed E-state index contributed by atoms with van der Waals surface area (Å²) in [6.07, 6.45) is 0.812. The minimum atomic E-state index is -1.07. The maximum Gasteiger partial charge on any atom is 0.309 e. The molecule has 0 atom stereocenters. The van der Waals surface area contributed by atoms with Crippen LogP contribution in [-0.2, 0) is 11.2 Å². The number of benzene rings is 1. The SMILES string of the molecule is O=C(O)Cc1nc2ccc(F)cn2c1N=Nc1ccc(O)cc1. The van der Waals surface area contributed by atoms with Crippen molar-refractivity contribution < 1.29 is 19.4 Å². The number of carboxylic acids is 1.